The van der Waals surface area contributed by atoms with Crippen LogP contribution in [0.2, 0.25) is 5.21 Å². The fourth-order valence-corrected chi connectivity index (χ4v) is 7.27. The Labute approximate surface area is 49.8 Å². The zero-order chi connectivity index (χ0) is 4.24. The molecule has 3 heteroatoms. The molecular formula is C3H8As2O. The van der Waals surface area contributed by atoms with E-state index in [4.69, 9.17) is 3.73 Å². The molecule has 36 valence electrons. The summed E-state index contributed by atoms with van der Waals surface area (Å²) in [5.41, 5.74) is 0. The van der Waals surface area contributed by atoms with Crippen molar-refractivity contribution in [2.24, 2.45) is 0 Å². The van der Waals surface area contributed by atoms with Gasteiger partial charge in [0.25, 0.3) is 0 Å². The summed E-state index contributed by atoms with van der Waals surface area (Å²) < 4.78 is 5.25. The third-order valence-electron chi connectivity index (χ3n) is 0.693. The first-order chi connectivity index (χ1) is 3.00. The van der Waals surface area contributed by atoms with Gasteiger partial charge in [-0.1, -0.05) is 0 Å². The van der Waals surface area contributed by atoms with Gasteiger partial charge in [-0.3, -0.25) is 0 Å². The standard InChI is InChI=1S/C3H8As2O/c1-2-4-5-6-3-1/h4-5H,1-3H2. The van der Waals surface area contributed by atoms with E-state index in [0.29, 0.717) is 13.7 Å². The zero-order valence-electron chi connectivity index (χ0n) is 3.53. The van der Waals surface area contributed by atoms with E-state index < -0.39 is 0 Å². The molecule has 0 N–H and O–H groups in total. The molecule has 0 aromatic heterocycles. The summed E-state index contributed by atoms with van der Waals surface area (Å²) in [6, 6.07) is 0. The van der Waals surface area contributed by atoms with Crippen molar-refractivity contribution in [2.75, 3.05) is 6.61 Å². The molecule has 1 fully saturated rings. The van der Waals surface area contributed by atoms with Crippen LogP contribution in [0.5, 0.6) is 0 Å². The van der Waals surface area contributed by atoms with Crippen molar-refractivity contribution in [3.05, 3.63) is 0 Å². The van der Waals surface area contributed by atoms with Crippen molar-refractivity contribution >= 4 is 27.7 Å². The Kier molecular flexibility index (Phi) is 2.72. The third kappa shape index (κ3) is 1.68. The van der Waals surface area contributed by atoms with Gasteiger partial charge in [0.05, 0.1) is 0 Å². The Morgan fingerprint density at radius 2 is 2.50 bits per heavy atom. The first-order valence-electron chi connectivity index (χ1n) is 2.10. The van der Waals surface area contributed by atoms with Crippen LogP contribution in [-0.4, -0.2) is 34.3 Å². The van der Waals surface area contributed by atoms with Crippen molar-refractivity contribution in [3.8, 4) is 0 Å². The van der Waals surface area contributed by atoms with Crippen LogP contribution in [0, 0.1) is 0 Å². The maximum absolute atomic E-state index is 5.25. The van der Waals surface area contributed by atoms with E-state index in [9.17, 15) is 0 Å². The van der Waals surface area contributed by atoms with E-state index in [1.54, 1.807) is 5.21 Å². The minimum atomic E-state index is 0.233. The summed E-state index contributed by atoms with van der Waals surface area (Å²) in [5.74, 6) is 0. The molecule has 0 aromatic carbocycles. The Morgan fingerprint density at radius 3 is 2.67 bits per heavy atom. The monoisotopic (exact) mass is 210 g/mol. The summed E-state index contributed by atoms with van der Waals surface area (Å²) in [4.78, 5) is 0. The van der Waals surface area contributed by atoms with Gasteiger partial charge in [-0.25, -0.2) is 0 Å². The molecule has 0 aliphatic carbocycles. The fourth-order valence-electron chi connectivity index (χ4n) is 0.386. The van der Waals surface area contributed by atoms with Crippen molar-refractivity contribution in [1.29, 1.82) is 0 Å². The van der Waals surface area contributed by atoms with Crippen molar-refractivity contribution in [3.63, 3.8) is 0 Å². The molecule has 1 rings (SSSR count). The van der Waals surface area contributed by atoms with Gasteiger partial charge in [0.1, 0.15) is 0 Å². The van der Waals surface area contributed by atoms with Crippen LogP contribution in [0.1, 0.15) is 6.42 Å². The van der Waals surface area contributed by atoms with Gasteiger partial charge in [0, 0.05) is 0 Å². The average molecular weight is 210 g/mol. The van der Waals surface area contributed by atoms with Gasteiger partial charge in [0.15, 0.2) is 0 Å². The predicted molar refractivity (Wildman–Crippen MR) is 29.7 cm³/mol. The molecule has 1 aliphatic heterocycles. The van der Waals surface area contributed by atoms with Crippen LogP contribution in [-0.2, 0) is 3.73 Å². The van der Waals surface area contributed by atoms with E-state index in [0.717, 1.165) is 6.61 Å². The third-order valence-corrected chi connectivity index (χ3v) is 8.87. The normalized spacial score (nSPS) is 32.0. The maximum atomic E-state index is 5.25. The summed E-state index contributed by atoms with van der Waals surface area (Å²) in [6.07, 6.45) is 1.36. The Morgan fingerprint density at radius 1 is 1.50 bits per heavy atom. The Bertz CT molecular complexity index is 24.3. The van der Waals surface area contributed by atoms with Crippen molar-refractivity contribution in [2.45, 2.75) is 11.6 Å². The van der Waals surface area contributed by atoms with Crippen LogP contribution in [0.15, 0.2) is 0 Å². The molecule has 2 atom stereocenters. The Hall–Kier alpha value is 1.08. The SMILES string of the molecule is C1CO[AsH][AsH]C1. The van der Waals surface area contributed by atoms with Gasteiger partial charge in [-0.15, -0.1) is 0 Å². The second kappa shape index (κ2) is 3.13. The van der Waals surface area contributed by atoms with E-state index >= 15 is 0 Å². The summed E-state index contributed by atoms with van der Waals surface area (Å²) >= 11 is 0.743. The average Bonchev–Trinajstić information content (AvgIpc) is 1.72. The van der Waals surface area contributed by atoms with Gasteiger partial charge in [0.2, 0.25) is 0 Å². The molecule has 0 amide bonds. The molecule has 0 saturated carbocycles. The number of rotatable bonds is 0. The summed E-state index contributed by atoms with van der Waals surface area (Å²) in [5, 5.41) is 1.56. The van der Waals surface area contributed by atoms with Crippen LogP contribution >= 0.6 is 0 Å². The van der Waals surface area contributed by atoms with Gasteiger partial charge in [-0.2, -0.15) is 0 Å². The molecule has 2 unspecified atom stereocenters. The molecule has 1 aliphatic rings. The number of hydrogen-bond donors (Lipinski definition) is 0. The molecular weight excluding hydrogens is 202 g/mol. The van der Waals surface area contributed by atoms with Crippen LogP contribution < -0.4 is 0 Å². The van der Waals surface area contributed by atoms with Gasteiger partial charge in [-0.05, 0) is 0 Å². The molecule has 0 radical (unpaired) electrons. The van der Waals surface area contributed by atoms with E-state index in [1.807, 2.05) is 0 Å². The first kappa shape index (κ1) is 5.22. The quantitative estimate of drug-likeness (QED) is 0.491. The summed E-state index contributed by atoms with van der Waals surface area (Å²) in [7, 11) is 0. The topological polar surface area (TPSA) is 9.23 Å². The minimum absolute atomic E-state index is 0.233. The molecule has 0 spiro atoms. The van der Waals surface area contributed by atoms with Crippen LogP contribution in [0.3, 0.4) is 0 Å². The number of hydrogen-bond acceptors (Lipinski definition) is 1. The van der Waals surface area contributed by atoms with E-state index in [1.165, 1.54) is 6.42 Å². The molecule has 6 heavy (non-hydrogen) atoms. The van der Waals surface area contributed by atoms with Crippen molar-refractivity contribution in [1.82, 2.24) is 0 Å². The molecule has 0 bridgehead atoms. The predicted octanol–water partition coefficient (Wildman–Crippen LogP) is -0.472. The molecule has 0 aromatic rings. The summed E-state index contributed by atoms with van der Waals surface area (Å²) in [6.45, 7) is 1.09. The van der Waals surface area contributed by atoms with E-state index in [2.05, 4.69) is 0 Å². The second-order valence-corrected chi connectivity index (χ2v) is 10.1. The Balaban J connectivity index is 2.00. The molecule has 1 heterocycles. The fraction of sp³-hybridized carbons (Fsp3) is 1.00. The van der Waals surface area contributed by atoms with Crippen molar-refractivity contribution < 1.29 is 3.73 Å². The zero-order valence-corrected chi connectivity index (χ0v) is 7.73. The second-order valence-electron chi connectivity index (χ2n) is 1.23. The van der Waals surface area contributed by atoms with E-state index in [-0.39, 0.29) is 14.0 Å². The van der Waals surface area contributed by atoms with Gasteiger partial charge < -0.3 is 0 Å². The molecule has 1 nitrogen and oxygen atoms in total. The molecule has 1 saturated heterocycles. The van der Waals surface area contributed by atoms with Crippen LogP contribution in [0.25, 0.3) is 0 Å². The van der Waals surface area contributed by atoms with Crippen LogP contribution in [0.4, 0.5) is 0 Å². The first-order valence-corrected chi connectivity index (χ1v) is 10.9. The van der Waals surface area contributed by atoms with Gasteiger partial charge >= 0.3 is 49.7 Å².